The normalized spacial score (nSPS) is 17.7. The van der Waals surface area contributed by atoms with E-state index in [0.29, 0.717) is 18.3 Å². The highest BCUT2D eigenvalue weighted by atomic mass is 16.5. The predicted octanol–water partition coefficient (Wildman–Crippen LogP) is 2.00. The summed E-state index contributed by atoms with van der Waals surface area (Å²) in [6.45, 7) is 1.69. The van der Waals surface area contributed by atoms with Crippen LogP contribution in [0.25, 0.3) is 0 Å². The monoisotopic (exact) mass is 331 g/mol. The Morgan fingerprint density at radius 1 is 1.38 bits per heavy atom. The molecule has 1 fully saturated rings. The van der Waals surface area contributed by atoms with Crippen molar-refractivity contribution in [1.82, 2.24) is 15.0 Å². The van der Waals surface area contributed by atoms with Crippen LogP contribution in [0.15, 0.2) is 34.9 Å². The Balaban J connectivity index is 1.57. The fourth-order valence-electron chi connectivity index (χ4n) is 2.78. The Labute approximate surface area is 140 Å². The standard InChI is InChI=1S/C17H21N3O4/c1-22-12-16(21)20-9-5-6-13(10-20)17-18-15(24-19-17)11-23-14-7-3-2-4-8-14/h2-4,7-8,13H,5-6,9-12H2,1H3. The molecule has 128 valence electrons. The van der Waals surface area contributed by atoms with Crippen molar-refractivity contribution in [3.8, 4) is 5.75 Å². The summed E-state index contributed by atoms with van der Waals surface area (Å²) in [6, 6.07) is 9.48. The molecule has 1 aliphatic rings. The minimum absolute atomic E-state index is 0.00155. The maximum Gasteiger partial charge on any atom is 0.264 e. The van der Waals surface area contributed by atoms with E-state index in [1.54, 1.807) is 4.90 Å². The van der Waals surface area contributed by atoms with Crippen LogP contribution in [0.3, 0.4) is 0 Å². The highest BCUT2D eigenvalue weighted by Gasteiger charge is 2.27. The Kier molecular flexibility index (Phi) is 5.43. The second kappa shape index (κ2) is 7.92. The molecule has 0 aliphatic carbocycles. The summed E-state index contributed by atoms with van der Waals surface area (Å²) in [5.74, 6) is 1.92. The van der Waals surface area contributed by atoms with Crippen LogP contribution < -0.4 is 4.74 Å². The predicted molar refractivity (Wildman–Crippen MR) is 85.5 cm³/mol. The number of benzene rings is 1. The lowest BCUT2D eigenvalue weighted by molar-refractivity contribution is -0.136. The van der Waals surface area contributed by atoms with Crippen molar-refractivity contribution in [2.45, 2.75) is 25.4 Å². The van der Waals surface area contributed by atoms with Crippen LogP contribution in [-0.4, -0.2) is 47.8 Å². The van der Waals surface area contributed by atoms with E-state index in [4.69, 9.17) is 14.0 Å². The molecule has 1 aliphatic heterocycles. The van der Waals surface area contributed by atoms with Crippen molar-refractivity contribution in [2.75, 3.05) is 26.8 Å². The third kappa shape index (κ3) is 4.11. The SMILES string of the molecule is COCC(=O)N1CCCC(c2noc(COc3ccccc3)n2)C1. The van der Waals surface area contributed by atoms with Gasteiger partial charge in [-0.05, 0) is 25.0 Å². The topological polar surface area (TPSA) is 77.7 Å². The Morgan fingerprint density at radius 3 is 3.00 bits per heavy atom. The van der Waals surface area contributed by atoms with Crippen LogP contribution in [-0.2, 0) is 16.1 Å². The lowest BCUT2D eigenvalue weighted by Crippen LogP contribution is -2.41. The zero-order valence-electron chi connectivity index (χ0n) is 13.7. The molecule has 1 aromatic carbocycles. The zero-order chi connectivity index (χ0) is 16.8. The molecule has 7 nitrogen and oxygen atoms in total. The minimum atomic E-state index is -0.00155. The van der Waals surface area contributed by atoms with E-state index < -0.39 is 0 Å². The lowest BCUT2D eigenvalue weighted by atomic mass is 9.97. The van der Waals surface area contributed by atoms with Crippen molar-refractivity contribution in [1.29, 1.82) is 0 Å². The maximum absolute atomic E-state index is 12.0. The molecule has 24 heavy (non-hydrogen) atoms. The van der Waals surface area contributed by atoms with Gasteiger partial charge in [-0.25, -0.2) is 0 Å². The summed E-state index contributed by atoms with van der Waals surface area (Å²) in [4.78, 5) is 18.2. The van der Waals surface area contributed by atoms with Crippen LogP contribution in [0.5, 0.6) is 5.75 Å². The van der Waals surface area contributed by atoms with E-state index in [1.807, 2.05) is 30.3 Å². The number of methoxy groups -OCH3 is 1. The van der Waals surface area contributed by atoms with Gasteiger partial charge in [0.2, 0.25) is 5.91 Å². The number of amides is 1. The van der Waals surface area contributed by atoms with Crippen molar-refractivity contribution >= 4 is 5.91 Å². The van der Waals surface area contributed by atoms with E-state index in [2.05, 4.69) is 10.1 Å². The van der Waals surface area contributed by atoms with Crippen LogP contribution in [0, 0.1) is 0 Å². The zero-order valence-corrected chi connectivity index (χ0v) is 13.7. The van der Waals surface area contributed by atoms with Gasteiger partial charge < -0.3 is 18.9 Å². The van der Waals surface area contributed by atoms with Gasteiger partial charge >= 0.3 is 0 Å². The molecule has 7 heteroatoms. The van der Waals surface area contributed by atoms with Gasteiger partial charge in [-0.15, -0.1) is 0 Å². The summed E-state index contributed by atoms with van der Waals surface area (Å²) in [6.07, 6.45) is 1.86. The highest BCUT2D eigenvalue weighted by molar-refractivity contribution is 5.77. The number of carbonyl (C=O) groups is 1. The number of carbonyl (C=O) groups excluding carboxylic acids is 1. The van der Waals surface area contributed by atoms with Gasteiger partial charge in [0.05, 0.1) is 0 Å². The average molecular weight is 331 g/mol. The number of likely N-dealkylation sites (tertiary alicyclic amines) is 1. The molecule has 0 radical (unpaired) electrons. The molecule has 0 spiro atoms. The third-order valence-corrected chi connectivity index (χ3v) is 4.00. The lowest BCUT2D eigenvalue weighted by Gasteiger charge is -2.31. The molecule has 0 saturated carbocycles. The van der Waals surface area contributed by atoms with Crippen LogP contribution >= 0.6 is 0 Å². The number of rotatable bonds is 6. The Bertz CT molecular complexity index is 659. The second-order valence-corrected chi connectivity index (χ2v) is 5.76. The van der Waals surface area contributed by atoms with Crippen molar-refractivity contribution in [3.05, 3.63) is 42.0 Å². The first-order valence-electron chi connectivity index (χ1n) is 8.03. The largest absolute Gasteiger partial charge is 0.484 e. The van der Waals surface area contributed by atoms with Crippen molar-refractivity contribution in [2.24, 2.45) is 0 Å². The highest BCUT2D eigenvalue weighted by Crippen LogP contribution is 2.25. The summed E-state index contributed by atoms with van der Waals surface area (Å²) >= 11 is 0. The summed E-state index contributed by atoms with van der Waals surface area (Å²) in [5, 5.41) is 4.06. The summed E-state index contributed by atoms with van der Waals surface area (Å²) < 4.78 is 15.8. The minimum Gasteiger partial charge on any atom is -0.484 e. The van der Waals surface area contributed by atoms with Gasteiger partial charge in [-0.3, -0.25) is 4.79 Å². The molecule has 1 saturated heterocycles. The van der Waals surface area contributed by atoms with Gasteiger partial charge in [-0.1, -0.05) is 23.4 Å². The van der Waals surface area contributed by atoms with E-state index in [1.165, 1.54) is 7.11 Å². The molecular weight excluding hydrogens is 310 g/mol. The average Bonchev–Trinajstić information content (AvgIpc) is 3.10. The fourth-order valence-corrected chi connectivity index (χ4v) is 2.78. The quantitative estimate of drug-likeness (QED) is 0.806. The van der Waals surface area contributed by atoms with Crippen molar-refractivity contribution in [3.63, 3.8) is 0 Å². The van der Waals surface area contributed by atoms with Gasteiger partial charge in [0.25, 0.3) is 5.89 Å². The Morgan fingerprint density at radius 2 is 2.21 bits per heavy atom. The Hall–Kier alpha value is -2.41. The van der Waals surface area contributed by atoms with E-state index in [-0.39, 0.29) is 25.0 Å². The third-order valence-electron chi connectivity index (χ3n) is 4.00. The van der Waals surface area contributed by atoms with Crippen molar-refractivity contribution < 1.29 is 18.8 Å². The van der Waals surface area contributed by atoms with Crippen LogP contribution in [0.2, 0.25) is 0 Å². The number of para-hydroxylation sites is 1. The van der Waals surface area contributed by atoms with E-state index in [9.17, 15) is 4.79 Å². The molecule has 0 N–H and O–H groups in total. The number of aromatic nitrogens is 2. The van der Waals surface area contributed by atoms with Crippen LogP contribution in [0.4, 0.5) is 0 Å². The van der Waals surface area contributed by atoms with E-state index >= 15 is 0 Å². The fraction of sp³-hybridized carbons (Fsp3) is 0.471. The number of nitrogens with zero attached hydrogens (tertiary/aromatic N) is 3. The summed E-state index contributed by atoms with van der Waals surface area (Å²) in [7, 11) is 1.53. The first-order chi connectivity index (χ1) is 11.8. The second-order valence-electron chi connectivity index (χ2n) is 5.76. The first-order valence-corrected chi connectivity index (χ1v) is 8.03. The van der Waals surface area contributed by atoms with Crippen LogP contribution in [0.1, 0.15) is 30.5 Å². The van der Waals surface area contributed by atoms with Gasteiger partial charge in [0, 0.05) is 26.1 Å². The smallest absolute Gasteiger partial charge is 0.264 e. The molecule has 2 heterocycles. The van der Waals surface area contributed by atoms with Gasteiger partial charge in [0.15, 0.2) is 12.4 Å². The molecule has 1 atom stereocenters. The first kappa shape index (κ1) is 16.4. The molecule has 1 amide bonds. The number of hydrogen-bond acceptors (Lipinski definition) is 6. The van der Waals surface area contributed by atoms with Gasteiger partial charge in [-0.2, -0.15) is 4.98 Å². The molecule has 0 bridgehead atoms. The molecule has 3 rings (SSSR count). The van der Waals surface area contributed by atoms with E-state index in [0.717, 1.165) is 25.1 Å². The summed E-state index contributed by atoms with van der Waals surface area (Å²) in [5.41, 5.74) is 0. The number of piperidine rings is 1. The molecule has 2 aromatic rings. The van der Waals surface area contributed by atoms with Gasteiger partial charge in [0.1, 0.15) is 12.4 Å². The molecular formula is C17H21N3O4. The maximum atomic E-state index is 12.0. The molecule has 1 unspecified atom stereocenters. The number of ether oxygens (including phenoxy) is 2. The molecule has 1 aromatic heterocycles. The number of hydrogen-bond donors (Lipinski definition) is 0.